The van der Waals surface area contributed by atoms with Crippen molar-refractivity contribution in [2.45, 2.75) is 33.6 Å². The number of para-hydroxylation sites is 1. The minimum absolute atomic E-state index is 0.0741. The van der Waals surface area contributed by atoms with Crippen LogP contribution in [0.25, 0.3) is 0 Å². The molecule has 21 heavy (non-hydrogen) atoms. The summed E-state index contributed by atoms with van der Waals surface area (Å²) in [7, 11) is 0. The molecule has 0 atom stereocenters. The molecule has 1 rings (SSSR count). The average molecular weight is 313 g/mol. The number of anilines is 1. The van der Waals surface area contributed by atoms with Crippen LogP contribution in [0.2, 0.25) is 5.02 Å². The summed E-state index contributed by atoms with van der Waals surface area (Å²) in [6.07, 6.45) is 0.897. The molecule has 0 fully saturated rings. The van der Waals surface area contributed by atoms with Crippen LogP contribution in [0, 0.1) is 12.3 Å². The summed E-state index contributed by atoms with van der Waals surface area (Å²) < 4.78 is 0. The minimum Gasteiger partial charge on any atom is -0.481 e. The molecule has 0 radical (unpaired) electrons. The number of aliphatic carboxylic acids is 1. The number of nitrogens with one attached hydrogen (secondary N) is 2. The van der Waals surface area contributed by atoms with Crippen LogP contribution in [-0.4, -0.2) is 23.7 Å². The largest absolute Gasteiger partial charge is 0.481 e. The summed E-state index contributed by atoms with van der Waals surface area (Å²) in [4.78, 5) is 23.3. The van der Waals surface area contributed by atoms with Gasteiger partial charge in [0.25, 0.3) is 0 Å². The van der Waals surface area contributed by atoms with Crippen molar-refractivity contribution in [3.8, 4) is 0 Å². The first-order valence-electron chi connectivity index (χ1n) is 6.89. The van der Waals surface area contributed by atoms with Gasteiger partial charge < -0.3 is 15.7 Å². The van der Waals surface area contributed by atoms with E-state index in [1.54, 1.807) is 26.0 Å². The van der Waals surface area contributed by atoms with Crippen LogP contribution >= 0.6 is 11.6 Å². The van der Waals surface area contributed by atoms with Crippen molar-refractivity contribution in [3.05, 3.63) is 28.8 Å². The van der Waals surface area contributed by atoms with E-state index in [9.17, 15) is 14.7 Å². The third-order valence-corrected chi connectivity index (χ3v) is 4.17. The van der Waals surface area contributed by atoms with Gasteiger partial charge in [0.2, 0.25) is 0 Å². The van der Waals surface area contributed by atoms with E-state index in [1.165, 1.54) is 0 Å². The summed E-state index contributed by atoms with van der Waals surface area (Å²) in [6, 6.07) is 4.86. The fourth-order valence-electron chi connectivity index (χ4n) is 2.08. The SMILES string of the molecule is CCC(CC)(CNC(=O)Nc1c(C)cccc1Cl)C(=O)O. The monoisotopic (exact) mass is 312 g/mol. The molecule has 116 valence electrons. The summed E-state index contributed by atoms with van der Waals surface area (Å²) >= 11 is 6.03. The van der Waals surface area contributed by atoms with E-state index < -0.39 is 17.4 Å². The number of carboxylic acids is 1. The van der Waals surface area contributed by atoms with E-state index in [1.807, 2.05) is 13.0 Å². The highest BCUT2D eigenvalue weighted by Gasteiger charge is 2.35. The average Bonchev–Trinajstić information content (AvgIpc) is 2.44. The first-order chi connectivity index (χ1) is 9.86. The second-order valence-corrected chi connectivity index (χ2v) is 5.44. The van der Waals surface area contributed by atoms with Crippen molar-refractivity contribution in [1.82, 2.24) is 5.32 Å². The lowest BCUT2D eigenvalue weighted by Gasteiger charge is -2.27. The molecule has 1 aromatic rings. The summed E-state index contributed by atoms with van der Waals surface area (Å²) in [5.41, 5.74) is 0.436. The number of carboxylic acid groups (broad SMARTS) is 1. The predicted octanol–water partition coefficient (Wildman–Crippen LogP) is 3.66. The lowest BCUT2D eigenvalue weighted by molar-refractivity contribution is -0.149. The number of aryl methyl sites for hydroxylation is 1. The lowest BCUT2D eigenvalue weighted by atomic mass is 9.82. The van der Waals surface area contributed by atoms with E-state index in [2.05, 4.69) is 10.6 Å². The molecule has 0 aliphatic carbocycles. The molecule has 0 heterocycles. The number of amides is 2. The number of rotatable bonds is 6. The van der Waals surface area contributed by atoms with Crippen LogP contribution < -0.4 is 10.6 Å². The Hall–Kier alpha value is -1.75. The van der Waals surface area contributed by atoms with Crippen molar-refractivity contribution in [1.29, 1.82) is 0 Å². The molecule has 5 nitrogen and oxygen atoms in total. The highest BCUT2D eigenvalue weighted by Crippen LogP contribution is 2.27. The fraction of sp³-hybridized carbons (Fsp3) is 0.467. The number of benzene rings is 1. The maximum atomic E-state index is 11.9. The molecule has 1 aromatic carbocycles. The van der Waals surface area contributed by atoms with E-state index in [0.717, 1.165) is 5.56 Å². The molecule has 0 aliphatic rings. The third kappa shape index (κ3) is 4.11. The third-order valence-electron chi connectivity index (χ3n) is 3.86. The topological polar surface area (TPSA) is 78.4 Å². The van der Waals surface area contributed by atoms with Gasteiger partial charge in [0.1, 0.15) is 0 Å². The molecule has 6 heteroatoms. The summed E-state index contributed by atoms with van der Waals surface area (Å²) in [5.74, 6) is -0.901. The Kier molecular flexibility index (Phi) is 6.03. The molecule has 0 saturated carbocycles. The Labute approximate surface area is 129 Å². The van der Waals surface area contributed by atoms with Gasteiger partial charge in [-0.2, -0.15) is 0 Å². The quantitative estimate of drug-likeness (QED) is 0.750. The highest BCUT2D eigenvalue weighted by atomic mass is 35.5. The highest BCUT2D eigenvalue weighted by molar-refractivity contribution is 6.33. The van der Waals surface area contributed by atoms with Crippen molar-refractivity contribution < 1.29 is 14.7 Å². The predicted molar refractivity (Wildman–Crippen MR) is 83.9 cm³/mol. The molecular weight excluding hydrogens is 292 g/mol. The van der Waals surface area contributed by atoms with E-state index >= 15 is 0 Å². The standard InChI is InChI=1S/C15H21ClN2O3/c1-4-15(5-2,13(19)20)9-17-14(21)18-12-10(3)7-6-8-11(12)16/h6-8H,4-5,9H2,1-3H3,(H,19,20)(H2,17,18,21). The molecule has 3 N–H and O–H groups in total. The van der Waals surface area contributed by atoms with Gasteiger partial charge in [-0.25, -0.2) is 4.79 Å². The molecule has 0 aromatic heterocycles. The Balaban J connectivity index is 2.72. The minimum atomic E-state index is -0.938. The molecule has 0 spiro atoms. The van der Waals surface area contributed by atoms with Crippen molar-refractivity contribution in [2.24, 2.45) is 5.41 Å². The maximum absolute atomic E-state index is 11.9. The number of hydrogen-bond donors (Lipinski definition) is 3. The molecule has 0 aliphatic heterocycles. The van der Waals surface area contributed by atoms with Gasteiger partial charge in [0.15, 0.2) is 0 Å². The van der Waals surface area contributed by atoms with Crippen LogP contribution in [0.5, 0.6) is 0 Å². The first kappa shape index (κ1) is 17.3. The number of carbonyl (C=O) groups excluding carboxylic acids is 1. The zero-order valence-electron chi connectivity index (χ0n) is 12.5. The zero-order valence-corrected chi connectivity index (χ0v) is 13.3. The van der Waals surface area contributed by atoms with Crippen molar-refractivity contribution >= 4 is 29.3 Å². The Morgan fingerprint density at radius 3 is 2.38 bits per heavy atom. The fourth-order valence-corrected chi connectivity index (χ4v) is 2.34. The number of hydrogen-bond acceptors (Lipinski definition) is 2. The lowest BCUT2D eigenvalue weighted by Crippen LogP contribution is -2.43. The van der Waals surface area contributed by atoms with Gasteiger partial charge in [-0.3, -0.25) is 4.79 Å². The Morgan fingerprint density at radius 1 is 1.29 bits per heavy atom. The van der Waals surface area contributed by atoms with E-state index in [0.29, 0.717) is 23.6 Å². The maximum Gasteiger partial charge on any atom is 0.319 e. The molecule has 0 bridgehead atoms. The number of carbonyl (C=O) groups is 2. The normalized spacial score (nSPS) is 11.0. The Bertz CT molecular complexity index is 507. The van der Waals surface area contributed by atoms with E-state index in [-0.39, 0.29) is 6.54 Å². The molecule has 0 saturated heterocycles. The van der Waals surface area contributed by atoms with Crippen LogP contribution in [-0.2, 0) is 4.79 Å². The second-order valence-electron chi connectivity index (χ2n) is 5.03. The Morgan fingerprint density at radius 2 is 1.90 bits per heavy atom. The van der Waals surface area contributed by atoms with Gasteiger partial charge >= 0.3 is 12.0 Å². The second kappa shape index (κ2) is 7.31. The number of halogens is 1. The van der Waals surface area contributed by atoms with Crippen LogP contribution in [0.4, 0.5) is 10.5 Å². The van der Waals surface area contributed by atoms with Crippen molar-refractivity contribution in [2.75, 3.05) is 11.9 Å². The van der Waals surface area contributed by atoms with Crippen molar-refractivity contribution in [3.63, 3.8) is 0 Å². The van der Waals surface area contributed by atoms with Crippen LogP contribution in [0.15, 0.2) is 18.2 Å². The van der Waals surface area contributed by atoms with Gasteiger partial charge in [0, 0.05) is 6.54 Å². The molecule has 2 amide bonds. The first-order valence-corrected chi connectivity index (χ1v) is 7.27. The summed E-state index contributed by atoms with van der Waals surface area (Å²) in [5, 5.41) is 15.1. The van der Waals surface area contributed by atoms with Gasteiger partial charge in [-0.05, 0) is 31.4 Å². The number of urea groups is 1. The van der Waals surface area contributed by atoms with Gasteiger partial charge in [-0.1, -0.05) is 37.6 Å². The van der Waals surface area contributed by atoms with Crippen LogP contribution in [0.1, 0.15) is 32.3 Å². The smallest absolute Gasteiger partial charge is 0.319 e. The van der Waals surface area contributed by atoms with Crippen LogP contribution in [0.3, 0.4) is 0 Å². The van der Waals surface area contributed by atoms with E-state index in [4.69, 9.17) is 11.6 Å². The molecular formula is C15H21ClN2O3. The van der Waals surface area contributed by atoms with Gasteiger partial charge in [0.05, 0.1) is 16.1 Å². The molecule has 0 unspecified atom stereocenters. The zero-order chi connectivity index (χ0) is 16.0. The van der Waals surface area contributed by atoms with Gasteiger partial charge in [-0.15, -0.1) is 0 Å². The summed E-state index contributed by atoms with van der Waals surface area (Å²) in [6.45, 7) is 5.51.